The third-order valence-corrected chi connectivity index (χ3v) is 4.00. The van der Waals surface area contributed by atoms with E-state index in [-0.39, 0.29) is 12.1 Å². The van der Waals surface area contributed by atoms with E-state index in [0.29, 0.717) is 11.9 Å². The van der Waals surface area contributed by atoms with E-state index in [2.05, 4.69) is 12.1 Å². The van der Waals surface area contributed by atoms with Gasteiger partial charge in [-0.2, -0.15) is 0 Å². The number of benzene rings is 1. The summed E-state index contributed by atoms with van der Waals surface area (Å²) in [5.74, 6) is 1.66. The number of hydrogen-bond acceptors (Lipinski definition) is 4. The monoisotopic (exact) mass is 294 g/mol. The molecule has 2 rings (SSSR count). The van der Waals surface area contributed by atoms with Gasteiger partial charge in [0.15, 0.2) is 0 Å². The van der Waals surface area contributed by atoms with Crippen LogP contribution in [-0.2, 0) is 9.53 Å². The van der Waals surface area contributed by atoms with Crippen molar-refractivity contribution >= 4 is 17.7 Å². The van der Waals surface area contributed by atoms with E-state index in [4.69, 9.17) is 9.47 Å². The Morgan fingerprint density at radius 2 is 2.15 bits per heavy atom. The Bertz CT molecular complexity index is 447. The normalized spacial score (nSPS) is 22.3. The molecule has 20 heavy (non-hydrogen) atoms. The van der Waals surface area contributed by atoms with Gasteiger partial charge in [0, 0.05) is 12.8 Å². The summed E-state index contributed by atoms with van der Waals surface area (Å²) < 4.78 is 11.2. The summed E-state index contributed by atoms with van der Waals surface area (Å²) in [4.78, 5) is 11.2. The molecule has 1 aromatic rings. The van der Waals surface area contributed by atoms with Gasteiger partial charge in [0.2, 0.25) is 0 Å². The maximum atomic E-state index is 11.2. The first-order chi connectivity index (χ1) is 9.70. The van der Waals surface area contributed by atoms with E-state index < -0.39 is 0 Å². The van der Waals surface area contributed by atoms with Gasteiger partial charge in [-0.3, -0.25) is 4.79 Å². The van der Waals surface area contributed by atoms with E-state index in [1.165, 1.54) is 18.9 Å². The van der Waals surface area contributed by atoms with Gasteiger partial charge in [-0.05, 0) is 43.2 Å². The minimum Gasteiger partial charge on any atom is -0.483 e. The van der Waals surface area contributed by atoms with Gasteiger partial charge in [-0.15, -0.1) is 11.8 Å². The molecule has 1 aromatic carbocycles. The molecule has 0 N–H and O–H groups in total. The fraction of sp³-hybridized carbons (Fsp3) is 0.562. The molecular weight excluding hydrogens is 272 g/mol. The number of carbonyl (C=O) groups excluding carboxylic acids is 1. The highest BCUT2D eigenvalue weighted by atomic mass is 32.2. The predicted molar refractivity (Wildman–Crippen MR) is 82.2 cm³/mol. The molecule has 110 valence electrons. The van der Waals surface area contributed by atoms with Crippen molar-refractivity contribution in [3.63, 3.8) is 0 Å². The van der Waals surface area contributed by atoms with Crippen molar-refractivity contribution in [3.05, 3.63) is 29.8 Å². The fourth-order valence-electron chi connectivity index (χ4n) is 2.79. The Balaban J connectivity index is 2.12. The van der Waals surface area contributed by atoms with E-state index in [1.54, 1.807) is 11.8 Å². The average molecular weight is 294 g/mol. The standard InChI is InChI=1S/C16H22O3S/c1-12(17)19-16-9-4-3-8-15(16)13-6-5-7-14(10-13)18-11-20-2/h5-7,10,15-16H,3-4,8-9,11H2,1-2H3/t15-,16+/m0/s1. The van der Waals surface area contributed by atoms with Crippen molar-refractivity contribution in [2.24, 2.45) is 0 Å². The second-order valence-electron chi connectivity index (χ2n) is 5.16. The van der Waals surface area contributed by atoms with E-state index in [9.17, 15) is 4.79 Å². The van der Waals surface area contributed by atoms with Crippen LogP contribution >= 0.6 is 11.8 Å². The van der Waals surface area contributed by atoms with Crippen molar-refractivity contribution in [1.82, 2.24) is 0 Å². The highest BCUT2D eigenvalue weighted by molar-refractivity contribution is 7.98. The summed E-state index contributed by atoms with van der Waals surface area (Å²) in [7, 11) is 0. The lowest BCUT2D eigenvalue weighted by Crippen LogP contribution is -2.27. The van der Waals surface area contributed by atoms with Crippen LogP contribution in [0.5, 0.6) is 5.75 Å². The molecule has 1 saturated carbocycles. The zero-order valence-electron chi connectivity index (χ0n) is 12.1. The maximum Gasteiger partial charge on any atom is 0.302 e. The number of hydrogen-bond donors (Lipinski definition) is 0. The topological polar surface area (TPSA) is 35.5 Å². The lowest BCUT2D eigenvalue weighted by Gasteiger charge is -2.31. The smallest absolute Gasteiger partial charge is 0.302 e. The first kappa shape index (κ1) is 15.2. The van der Waals surface area contributed by atoms with Crippen molar-refractivity contribution in [2.75, 3.05) is 12.2 Å². The van der Waals surface area contributed by atoms with Crippen LogP contribution in [0.4, 0.5) is 0 Å². The number of thioether (sulfide) groups is 1. The van der Waals surface area contributed by atoms with Gasteiger partial charge in [-0.1, -0.05) is 18.6 Å². The Morgan fingerprint density at radius 3 is 2.90 bits per heavy atom. The Labute approximate surface area is 125 Å². The second kappa shape index (κ2) is 7.58. The molecule has 3 nitrogen and oxygen atoms in total. The zero-order chi connectivity index (χ0) is 14.4. The molecule has 1 aliphatic carbocycles. The lowest BCUT2D eigenvalue weighted by atomic mass is 9.81. The van der Waals surface area contributed by atoms with Crippen molar-refractivity contribution in [1.29, 1.82) is 0 Å². The summed E-state index contributed by atoms with van der Waals surface area (Å²) in [6.45, 7) is 1.49. The van der Waals surface area contributed by atoms with Crippen LogP contribution in [0.2, 0.25) is 0 Å². The van der Waals surface area contributed by atoms with Crippen LogP contribution in [0.3, 0.4) is 0 Å². The minimum atomic E-state index is -0.184. The first-order valence-electron chi connectivity index (χ1n) is 7.09. The van der Waals surface area contributed by atoms with Gasteiger partial charge in [0.1, 0.15) is 17.8 Å². The quantitative estimate of drug-likeness (QED) is 0.608. The highest BCUT2D eigenvalue weighted by Gasteiger charge is 2.29. The molecule has 0 spiro atoms. The number of esters is 1. The number of carbonyl (C=O) groups is 1. The van der Waals surface area contributed by atoms with Crippen LogP contribution in [0, 0.1) is 0 Å². The van der Waals surface area contributed by atoms with Gasteiger partial charge >= 0.3 is 5.97 Å². The summed E-state index contributed by atoms with van der Waals surface area (Å²) in [5.41, 5.74) is 1.22. The SMILES string of the molecule is CSCOc1cccc([C@@H]2CCCC[C@H]2OC(C)=O)c1. The van der Waals surface area contributed by atoms with Gasteiger partial charge in [0.05, 0.1) is 0 Å². The molecule has 0 aliphatic heterocycles. The van der Waals surface area contributed by atoms with Gasteiger partial charge in [-0.25, -0.2) is 0 Å². The molecule has 0 amide bonds. The maximum absolute atomic E-state index is 11.2. The third kappa shape index (κ3) is 4.17. The minimum absolute atomic E-state index is 0.0112. The molecule has 4 heteroatoms. The average Bonchev–Trinajstić information content (AvgIpc) is 2.45. The van der Waals surface area contributed by atoms with E-state index >= 15 is 0 Å². The second-order valence-corrected chi connectivity index (χ2v) is 5.98. The third-order valence-electron chi connectivity index (χ3n) is 3.65. The van der Waals surface area contributed by atoms with E-state index in [0.717, 1.165) is 25.0 Å². The van der Waals surface area contributed by atoms with Crippen molar-refractivity contribution < 1.29 is 14.3 Å². The van der Waals surface area contributed by atoms with Crippen LogP contribution in [0.15, 0.2) is 24.3 Å². The van der Waals surface area contributed by atoms with Crippen molar-refractivity contribution in [2.45, 2.75) is 44.6 Å². The molecule has 1 fully saturated rings. The summed E-state index contributed by atoms with van der Waals surface area (Å²) in [6.07, 6.45) is 6.39. The molecule has 1 aliphatic rings. The molecule has 2 atom stereocenters. The summed E-state index contributed by atoms with van der Waals surface area (Å²) >= 11 is 1.66. The van der Waals surface area contributed by atoms with Gasteiger partial charge < -0.3 is 9.47 Å². The zero-order valence-corrected chi connectivity index (χ0v) is 12.9. The van der Waals surface area contributed by atoms with Crippen LogP contribution in [0.25, 0.3) is 0 Å². The molecule has 0 bridgehead atoms. The summed E-state index contributed by atoms with van der Waals surface area (Å²) in [6, 6.07) is 8.19. The Kier molecular flexibility index (Phi) is 5.77. The highest BCUT2D eigenvalue weighted by Crippen LogP contribution is 2.36. The fourth-order valence-corrected chi connectivity index (χ4v) is 3.05. The van der Waals surface area contributed by atoms with Gasteiger partial charge in [0.25, 0.3) is 0 Å². The molecule has 0 radical (unpaired) electrons. The number of rotatable bonds is 5. The van der Waals surface area contributed by atoms with Crippen LogP contribution in [0.1, 0.15) is 44.1 Å². The molecule has 0 saturated heterocycles. The predicted octanol–water partition coefficient (Wildman–Crippen LogP) is 3.98. The van der Waals surface area contributed by atoms with Crippen LogP contribution < -0.4 is 4.74 Å². The number of ether oxygens (including phenoxy) is 2. The first-order valence-corrected chi connectivity index (χ1v) is 8.49. The summed E-state index contributed by atoms with van der Waals surface area (Å²) in [5, 5.41) is 0. The van der Waals surface area contributed by atoms with E-state index in [1.807, 2.05) is 18.4 Å². The Hall–Kier alpha value is -1.16. The molecule has 0 unspecified atom stereocenters. The molecule has 0 heterocycles. The molecular formula is C16H22O3S. The Morgan fingerprint density at radius 1 is 1.35 bits per heavy atom. The molecule has 0 aromatic heterocycles. The lowest BCUT2D eigenvalue weighted by molar-refractivity contribution is -0.148. The van der Waals surface area contributed by atoms with Crippen LogP contribution in [-0.4, -0.2) is 24.3 Å². The largest absolute Gasteiger partial charge is 0.483 e. The van der Waals surface area contributed by atoms with Crippen molar-refractivity contribution in [3.8, 4) is 5.75 Å².